The van der Waals surface area contributed by atoms with E-state index in [0.29, 0.717) is 5.92 Å². The molecule has 30 heavy (non-hydrogen) atoms. The average molecular weight is 416 g/mol. The van der Waals surface area contributed by atoms with Crippen molar-refractivity contribution in [2.24, 2.45) is 28.6 Å². The Morgan fingerprint density at radius 3 is 2.63 bits per heavy atom. The zero-order valence-electron chi connectivity index (χ0n) is 19.1. The number of fused-ring (bicyclic) bond motifs is 4. The van der Waals surface area contributed by atoms with Crippen molar-refractivity contribution >= 4 is 5.97 Å². The van der Waals surface area contributed by atoms with Crippen LogP contribution in [0.5, 0.6) is 0 Å². The van der Waals surface area contributed by atoms with Gasteiger partial charge in [-0.2, -0.15) is 0 Å². The van der Waals surface area contributed by atoms with E-state index in [4.69, 9.17) is 9.15 Å². The molecule has 3 aliphatic carbocycles. The van der Waals surface area contributed by atoms with Crippen LogP contribution in [-0.2, 0) is 22.5 Å². The van der Waals surface area contributed by atoms with Gasteiger partial charge in [0.15, 0.2) is 0 Å². The Morgan fingerprint density at radius 2 is 1.93 bits per heavy atom. The molecule has 0 aromatic carbocycles. The summed E-state index contributed by atoms with van der Waals surface area (Å²) in [6, 6.07) is 2.10. The summed E-state index contributed by atoms with van der Waals surface area (Å²) in [5.74, 6) is 2.01. The van der Waals surface area contributed by atoms with Crippen LogP contribution in [0, 0.1) is 28.6 Å². The maximum Gasteiger partial charge on any atom is 0.314 e. The second kappa shape index (κ2) is 6.83. The van der Waals surface area contributed by atoms with Crippen molar-refractivity contribution < 1.29 is 19.1 Å². The molecule has 0 unspecified atom stereocenters. The smallest absolute Gasteiger partial charge is 0.314 e. The Hall–Kier alpha value is -1.33. The number of nitrogens with zero attached hydrogens (tertiary/aromatic N) is 1. The van der Waals surface area contributed by atoms with Crippen LogP contribution < -0.4 is 0 Å². The largest absolute Gasteiger partial charge is 0.464 e. The molecule has 1 aliphatic heterocycles. The van der Waals surface area contributed by atoms with Crippen LogP contribution in [0.25, 0.3) is 0 Å². The molecule has 7 atom stereocenters. The van der Waals surface area contributed by atoms with Gasteiger partial charge in [-0.3, -0.25) is 9.69 Å². The molecule has 1 saturated heterocycles. The first-order chi connectivity index (χ1) is 14.2. The molecular formula is C25H37NO4. The molecule has 2 saturated carbocycles. The summed E-state index contributed by atoms with van der Waals surface area (Å²) >= 11 is 0. The number of aliphatic hydroxyl groups is 1. The lowest BCUT2D eigenvalue weighted by Gasteiger charge is -2.62. The number of aliphatic hydroxyl groups excluding tert-OH is 1. The summed E-state index contributed by atoms with van der Waals surface area (Å²) < 4.78 is 12.3. The molecule has 3 fully saturated rings. The third kappa shape index (κ3) is 2.70. The molecule has 0 bridgehead atoms. The third-order valence-electron chi connectivity index (χ3n) is 9.26. The van der Waals surface area contributed by atoms with Crippen LogP contribution in [0.2, 0.25) is 0 Å². The molecule has 4 aliphatic rings. The highest BCUT2D eigenvalue weighted by Gasteiger charge is 2.68. The van der Waals surface area contributed by atoms with Crippen molar-refractivity contribution in [3.8, 4) is 0 Å². The molecule has 0 amide bonds. The second-order valence-corrected chi connectivity index (χ2v) is 11.1. The third-order valence-corrected chi connectivity index (χ3v) is 9.26. The SMILES string of the molecule is CCN(CC)Cc1cc2c(o1)C[C@H]1[C@H]3[C@@H](OC(=O)[C@H]23)[C@H](O)[C@H]2C(C)(C)CCC[C@]12C. The Labute approximate surface area is 180 Å². The predicted molar refractivity (Wildman–Crippen MR) is 114 cm³/mol. The number of esters is 1. The minimum absolute atomic E-state index is 0.00191. The molecule has 0 spiro atoms. The van der Waals surface area contributed by atoms with E-state index in [1.54, 1.807) is 0 Å². The molecule has 1 aromatic heterocycles. The molecule has 5 heteroatoms. The van der Waals surface area contributed by atoms with Gasteiger partial charge in [-0.25, -0.2) is 0 Å². The number of ether oxygens (including phenoxy) is 1. The summed E-state index contributed by atoms with van der Waals surface area (Å²) in [6.45, 7) is 14.0. The number of rotatable bonds is 4. The van der Waals surface area contributed by atoms with E-state index in [0.717, 1.165) is 56.0 Å². The molecule has 5 rings (SSSR count). The normalized spacial score (nSPS) is 41.2. The lowest BCUT2D eigenvalue weighted by atomic mass is 9.42. The van der Waals surface area contributed by atoms with E-state index >= 15 is 0 Å². The lowest BCUT2D eigenvalue weighted by Crippen LogP contribution is -2.63. The minimum atomic E-state index is -0.580. The van der Waals surface area contributed by atoms with Gasteiger partial charge in [0.05, 0.1) is 18.6 Å². The number of carbonyl (C=O) groups is 1. The second-order valence-electron chi connectivity index (χ2n) is 11.1. The van der Waals surface area contributed by atoms with Crippen LogP contribution >= 0.6 is 0 Å². The highest BCUT2D eigenvalue weighted by atomic mass is 16.6. The summed E-state index contributed by atoms with van der Waals surface area (Å²) in [5, 5.41) is 11.5. The Bertz CT molecular complexity index is 840. The molecule has 2 heterocycles. The van der Waals surface area contributed by atoms with Crippen molar-refractivity contribution in [1.82, 2.24) is 4.90 Å². The quantitative estimate of drug-likeness (QED) is 0.750. The molecule has 0 radical (unpaired) electrons. The number of hydrogen-bond donors (Lipinski definition) is 1. The van der Waals surface area contributed by atoms with Crippen molar-refractivity contribution in [2.45, 2.75) is 85.0 Å². The fraction of sp³-hybridized carbons (Fsp3) is 0.800. The van der Waals surface area contributed by atoms with Gasteiger partial charge in [-0.1, -0.05) is 41.0 Å². The lowest BCUT2D eigenvalue weighted by molar-refractivity contribution is -0.203. The Morgan fingerprint density at radius 1 is 1.20 bits per heavy atom. The van der Waals surface area contributed by atoms with Gasteiger partial charge in [-0.15, -0.1) is 0 Å². The van der Waals surface area contributed by atoms with Gasteiger partial charge in [-0.05, 0) is 54.7 Å². The van der Waals surface area contributed by atoms with Crippen LogP contribution in [0.15, 0.2) is 10.5 Å². The number of carbonyl (C=O) groups excluding carboxylic acids is 1. The van der Waals surface area contributed by atoms with E-state index in [1.165, 1.54) is 6.42 Å². The van der Waals surface area contributed by atoms with Crippen LogP contribution in [-0.4, -0.2) is 41.3 Å². The van der Waals surface area contributed by atoms with Crippen LogP contribution in [0.4, 0.5) is 0 Å². The highest BCUT2D eigenvalue weighted by molar-refractivity contribution is 5.82. The van der Waals surface area contributed by atoms with E-state index in [1.807, 2.05) is 0 Å². The topological polar surface area (TPSA) is 62.9 Å². The van der Waals surface area contributed by atoms with E-state index in [-0.39, 0.29) is 40.7 Å². The van der Waals surface area contributed by atoms with Crippen molar-refractivity contribution in [3.63, 3.8) is 0 Å². The van der Waals surface area contributed by atoms with E-state index in [2.05, 4.69) is 45.6 Å². The first kappa shape index (κ1) is 20.6. The van der Waals surface area contributed by atoms with E-state index < -0.39 is 6.10 Å². The van der Waals surface area contributed by atoms with Gasteiger partial charge in [0.2, 0.25) is 0 Å². The first-order valence-corrected chi connectivity index (χ1v) is 11.9. The minimum Gasteiger partial charge on any atom is -0.464 e. The van der Waals surface area contributed by atoms with Crippen molar-refractivity contribution in [3.05, 3.63) is 23.2 Å². The number of furan rings is 1. The van der Waals surface area contributed by atoms with Crippen molar-refractivity contribution in [1.29, 1.82) is 0 Å². The molecule has 1 aromatic rings. The summed E-state index contributed by atoms with van der Waals surface area (Å²) in [5.41, 5.74) is 1.06. The first-order valence-electron chi connectivity index (χ1n) is 11.9. The zero-order chi connectivity index (χ0) is 21.4. The van der Waals surface area contributed by atoms with Gasteiger partial charge in [0, 0.05) is 17.9 Å². The molecule has 1 N–H and O–H groups in total. The fourth-order valence-corrected chi connectivity index (χ4v) is 7.99. The Kier molecular flexibility index (Phi) is 4.68. The Balaban J connectivity index is 1.57. The number of hydrogen-bond acceptors (Lipinski definition) is 5. The zero-order valence-corrected chi connectivity index (χ0v) is 19.1. The average Bonchev–Trinajstić information content (AvgIpc) is 3.24. The predicted octanol–water partition coefficient (Wildman–Crippen LogP) is 4.13. The summed E-state index contributed by atoms with van der Waals surface area (Å²) in [6.07, 6.45) is 3.30. The van der Waals surface area contributed by atoms with Gasteiger partial charge < -0.3 is 14.3 Å². The van der Waals surface area contributed by atoms with Crippen molar-refractivity contribution in [2.75, 3.05) is 13.1 Å². The van der Waals surface area contributed by atoms with Crippen LogP contribution in [0.1, 0.15) is 76.9 Å². The monoisotopic (exact) mass is 415 g/mol. The van der Waals surface area contributed by atoms with Gasteiger partial charge >= 0.3 is 5.97 Å². The fourth-order valence-electron chi connectivity index (χ4n) is 7.99. The van der Waals surface area contributed by atoms with Gasteiger partial charge in [0.25, 0.3) is 0 Å². The summed E-state index contributed by atoms with van der Waals surface area (Å²) in [4.78, 5) is 15.4. The van der Waals surface area contributed by atoms with Crippen LogP contribution in [0.3, 0.4) is 0 Å². The van der Waals surface area contributed by atoms with E-state index in [9.17, 15) is 9.90 Å². The highest BCUT2D eigenvalue weighted by Crippen LogP contribution is 2.67. The molecular weight excluding hydrogens is 378 g/mol. The maximum atomic E-state index is 13.1. The maximum absolute atomic E-state index is 13.1. The standard InChI is InChI=1S/C25H37NO4/c1-6-26(7-2)13-14-11-15-17(29-14)12-16-19-18(15)23(28)30-21(19)20(27)22-24(3,4)9-8-10-25(16,22)5/h11,16,18-22,27H,6-10,12-13H2,1-5H3/t16-,18+,19+,20-,21+,22-,25+/m0/s1. The van der Waals surface area contributed by atoms with Gasteiger partial charge in [0.1, 0.15) is 17.6 Å². The molecule has 5 nitrogen and oxygen atoms in total. The molecule has 166 valence electrons. The summed E-state index contributed by atoms with van der Waals surface area (Å²) in [7, 11) is 0.